The monoisotopic (exact) mass is 432 g/mol. The Bertz CT molecular complexity index is 913. The van der Waals surface area contributed by atoms with Crippen molar-refractivity contribution in [3.63, 3.8) is 0 Å². The van der Waals surface area contributed by atoms with Crippen molar-refractivity contribution in [3.05, 3.63) is 47.6 Å². The normalized spacial score (nSPS) is 18.8. The van der Waals surface area contributed by atoms with E-state index in [1.165, 1.54) is 12.0 Å². The number of hydrogen-bond acceptors (Lipinski definition) is 6. The summed E-state index contributed by atoms with van der Waals surface area (Å²) in [6.45, 7) is 5.50. The van der Waals surface area contributed by atoms with E-state index < -0.39 is 29.8 Å². The SMILES string of the molecule is COC(=O)C1CC(Oc2cc(Cl)nc(-c3ccccc3)c2)CN1C(=O)OC(C)(C)C. The third-order valence-electron chi connectivity index (χ3n) is 4.50. The van der Waals surface area contributed by atoms with Crippen molar-refractivity contribution in [2.75, 3.05) is 13.7 Å². The highest BCUT2D eigenvalue weighted by Gasteiger charge is 2.43. The second-order valence-corrected chi connectivity index (χ2v) is 8.41. The van der Waals surface area contributed by atoms with Gasteiger partial charge >= 0.3 is 12.1 Å². The molecule has 3 rings (SSSR count). The number of amides is 1. The zero-order valence-electron chi connectivity index (χ0n) is 17.4. The van der Waals surface area contributed by atoms with Crippen LogP contribution in [0.2, 0.25) is 5.15 Å². The zero-order chi connectivity index (χ0) is 21.9. The lowest BCUT2D eigenvalue weighted by molar-refractivity contribution is -0.145. The molecule has 30 heavy (non-hydrogen) atoms. The number of likely N-dealkylation sites (tertiary alicyclic amines) is 1. The molecule has 0 aliphatic carbocycles. The number of ether oxygens (including phenoxy) is 3. The molecular weight excluding hydrogens is 408 g/mol. The molecule has 1 fully saturated rings. The Morgan fingerprint density at radius 1 is 1.17 bits per heavy atom. The first-order chi connectivity index (χ1) is 14.2. The summed E-state index contributed by atoms with van der Waals surface area (Å²) < 4.78 is 16.4. The maximum Gasteiger partial charge on any atom is 0.411 e. The zero-order valence-corrected chi connectivity index (χ0v) is 18.2. The van der Waals surface area contributed by atoms with Crippen molar-refractivity contribution in [1.29, 1.82) is 0 Å². The van der Waals surface area contributed by atoms with E-state index in [0.29, 0.717) is 11.4 Å². The molecule has 2 heterocycles. The highest BCUT2D eigenvalue weighted by Crippen LogP contribution is 2.29. The first-order valence-electron chi connectivity index (χ1n) is 9.63. The summed E-state index contributed by atoms with van der Waals surface area (Å²) in [5.41, 5.74) is 0.892. The average Bonchev–Trinajstić information content (AvgIpc) is 3.10. The van der Waals surface area contributed by atoms with Crippen LogP contribution in [0.3, 0.4) is 0 Å². The van der Waals surface area contributed by atoms with Gasteiger partial charge in [0.2, 0.25) is 0 Å². The maximum atomic E-state index is 12.6. The van der Waals surface area contributed by atoms with Gasteiger partial charge in [0, 0.05) is 24.1 Å². The summed E-state index contributed by atoms with van der Waals surface area (Å²) in [7, 11) is 1.29. The van der Waals surface area contributed by atoms with Crippen molar-refractivity contribution in [2.24, 2.45) is 0 Å². The summed E-state index contributed by atoms with van der Waals surface area (Å²) in [5, 5.41) is 0.290. The van der Waals surface area contributed by atoms with Gasteiger partial charge in [0.25, 0.3) is 0 Å². The number of carbonyl (C=O) groups excluding carboxylic acids is 2. The van der Waals surface area contributed by atoms with Crippen molar-refractivity contribution >= 4 is 23.7 Å². The predicted octanol–water partition coefficient (Wildman–Crippen LogP) is 4.33. The molecule has 0 bridgehead atoms. The second-order valence-electron chi connectivity index (χ2n) is 8.02. The summed E-state index contributed by atoms with van der Waals surface area (Å²) >= 11 is 6.19. The van der Waals surface area contributed by atoms with Crippen LogP contribution in [0.4, 0.5) is 4.79 Å². The molecule has 0 spiro atoms. The fourth-order valence-corrected chi connectivity index (χ4v) is 3.45. The van der Waals surface area contributed by atoms with Crippen molar-refractivity contribution in [2.45, 2.75) is 44.9 Å². The van der Waals surface area contributed by atoms with E-state index in [-0.39, 0.29) is 18.1 Å². The van der Waals surface area contributed by atoms with Gasteiger partial charge in [0.15, 0.2) is 0 Å². The van der Waals surface area contributed by atoms with Crippen LogP contribution in [0.5, 0.6) is 5.75 Å². The first-order valence-corrected chi connectivity index (χ1v) is 10.0. The number of halogens is 1. The van der Waals surface area contributed by atoms with Crippen molar-refractivity contribution < 1.29 is 23.8 Å². The van der Waals surface area contributed by atoms with Gasteiger partial charge in [-0.15, -0.1) is 0 Å². The molecular formula is C22H25ClN2O5. The Labute approximate surface area is 180 Å². The largest absolute Gasteiger partial charge is 0.488 e. The maximum absolute atomic E-state index is 12.6. The molecule has 0 N–H and O–H groups in total. The molecule has 8 heteroatoms. The Kier molecular flexibility index (Phi) is 6.51. The second kappa shape index (κ2) is 8.92. The van der Waals surface area contributed by atoms with E-state index in [0.717, 1.165) is 5.56 Å². The molecule has 2 atom stereocenters. The van der Waals surface area contributed by atoms with Gasteiger partial charge in [-0.05, 0) is 20.8 Å². The summed E-state index contributed by atoms with van der Waals surface area (Å²) in [6.07, 6.45) is -0.725. The number of nitrogens with zero attached hydrogens (tertiary/aromatic N) is 2. The Morgan fingerprint density at radius 2 is 1.87 bits per heavy atom. The van der Waals surface area contributed by atoms with Crippen LogP contribution in [0.15, 0.2) is 42.5 Å². The molecule has 1 aromatic carbocycles. The highest BCUT2D eigenvalue weighted by molar-refractivity contribution is 6.29. The lowest BCUT2D eigenvalue weighted by atomic mass is 10.1. The topological polar surface area (TPSA) is 78.0 Å². The van der Waals surface area contributed by atoms with E-state index in [1.807, 2.05) is 30.3 Å². The summed E-state index contributed by atoms with van der Waals surface area (Å²) in [4.78, 5) is 30.5. The minimum atomic E-state index is -0.777. The standard InChI is InChI=1S/C22H25ClN2O5/c1-22(2,3)30-21(27)25-13-16(11-18(25)20(26)28-4)29-15-10-17(24-19(23)12-15)14-8-6-5-7-9-14/h5-10,12,16,18H,11,13H2,1-4H3. The number of hydrogen-bond donors (Lipinski definition) is 0. The Morgan fingerprint density at radius 3 is 2.50 bits per heavy atom. The molecule has 2 unspecified atom stereocenters. The number of pyridine rings is 1. The number of methoxy groups -OCH3 is 1. The van der Waals surface area contributed by atoms with Crippen LogP contribution in [0.25, 0.3) is 11.3 Å². The van der Waals surface area contributed by atoms with Crippen LogP contribution < -0.4 is 4.74 Å². The third-order valence-corrected chi connectivity index (χ3v) is 4.70. The molecule has 1 aromatic heterocycles. The Balaban J connectivity index is 1.79. The lowest BCUT2D eigenvalue weighted by Crippen LogP contribution is -2.44. The third kappa shape index (κ3) is 5.42. The van der Waals surface area contributed by atoms with Crippen LogP contribution in [0, 0.1) is 0 Å². The first kappa shape index (κ1) is 21.9. The van der Waals surface area contributed by atoms with E-state index in [1.54, 1.807) is 32.9 Å². The molecule has 1 saturated heterocycles. The van der Waals surface area contributed by atoms with E-state index in [9.17, 15) is 9.59 Å². The van der Waals surface area contributed by atoms with Gasteiger partial charge in [-0.1, -0.05) is 41.9 Å². The lowest BCUT2D eigenvalue weighted by Gasteiger charge is -2.27. The number of rotatable bonds is 4. The van der Waals surface area contributed by atoms with Gasteiger partial charge in [-0.25, -0.2) is 14.6 Å². The van der Waals surface area contributed by atoms with Gasteiger partial charge in [0.1, 0.15) is 28.6 Å². The van der Waals surface area contributed by atoms with Crippen LogP contribution in [0.1, 0.15) is 27.2 Å². The van der Waals surface area contributed by atoms with Gasteiger partial charge in [-0.3, -0.25) is 4.90 Å². The molecule has 0 saturated carbocycles. The van der Waals surface area contributed by atoms with Crippen LogP contribution in [-0.2, 0) is 14.3 Å². The molecule has 160 valence electrons. The molecule has 2 aromatic rings. The number of aromatic nitrogens is 1. The summed E-state index contributed by atoms with van der Waals surface area (Å²) in [5.74, 6) is -0.00166. The quantitative estimate of drug-likeness (QED) is 0.528. The van der Waals surface area contributed by atoms with Gasteiger partial charge in [0.05, 0.1) is 19.3 Å². The molecule has 1 aliphatic heterocycles. The summed E-state index contributed by atoms with van der Waals surface area (Å²) in [6, 6.07) is 12.2. The van der Waals surface area contributed by atoms with Crippen molar-refractivity contribution in [1.82, 2.24) is 9.88 Å². The van der Waals surface area contributed by atoms with Gasteiger partial charge < -0.3 is 14.2 Å². The number of esters is 1. The molecule has 1 aliphatic rings. The molecule has 1 amide bonds. The average molecular weight is 433 g/mol. The predicted molar refractivity (Wildman–Crippen MR) is 112 cm³/mol. The van der Waals surface area contributed by atoms with Crippen LogP contribution >= 0.6 is 11.6 Å². The number of benzene rings is 1. The molecule has 7 nitrogen and oxygen atoms in total. The molecule has 0 radical (unpaired) electrons. The highest BCUT2D eigenvalue weighted by atomic mass is 35.5. The van der Waals surface area contributed by atoms with E-state index in [2.05, 4.69) is 4.98 Å². The van der Waals surface area contributed by atoms with Crippen molar-refractivity contribution in [3.8, 4) is 17.0 Å². The number of carbonyl (C=O) groups is 2. The van der Waals surface area contributed by atoms with Gasteiger partial charge in [-0.2, -0.15) is 0 Å². The fraction of sp³-hybridized carbons (Fsp3) is 0.409. The van der Waals surface area contributed by atoms with E-state index >= 15 is 0 Å². The Hall–Kier alpha value is -2.80. The van der Waals surface area contributed by atoms with Crippen LogP contribution in [-0.4, -0.2) is 53.3 Å². The fourth-order valence-electron chi connectivity index (χ4n) is 3.26. The minimum Gasteiger partial charge on any atom is -0.488 e. The smallest absolute Gasteiger partial charge is 0.411 e. The minimum absolute atomic E-state index is 0.190. The van der Waals surface area contributed by atoms with E-state index in [4.69, 9.17) is 25.8 Å².